The van der Waals surface area contributed by atoms with Crippen LogP contribution in [-0.2, 0) is 14.8 Å². The summed E-state index contributed by atoms with van der Waals surface area (Å²) in [6, 6.07) is 0. The number of rotatable bonds is 7. The second-order valence-electron chi connectivity index (χ2n) is 4.94. The molecule has 1 saturated heterocycles. The van der Waals surface area contributed by atoms with Crippen LogP contribution in [0.15, 0.2) is 0 Å². The van der Waals surface area contributed by atoms with Gasteiger partial charge < -0.3 is 10.1 Å². The molecule has 2 rings (SSSR count). The zero-order valence-corrected chi connectivity index (χ0v) is 11.0. The molecule has 1 saturated carbocycles. The third-order valence-corrected chi connectivity index (χ3v) is 4.77. The van der Waals surface area contributed by atoms with Crippen molar-refractivity contribution in [3.8, 4) is 0 Å². The van der Waals surface area contributed by atoms with E-state index < -0.39 is 10.0 Å². The first-order chi connectivity index (χ1) is 8.16. The molecule has 0 atom stereocenters. The molecule has 0 unspecified atom stereocenters. The van der Waals surface area contributed by atoms with Gasteiger partial charge in [-0.1, -0.05) is 0 Å². The molecule has 5 nitrogen and oxygen atoms in total. The van der Waals surface area contributed by atoms with Crippen molar-refractivity contribution in [3.63, 3.8) is 0 Å². The minimum Gasteiger partial charge on any atom is -0.377 e. The van der Waals surface area contributed by atoms with Gasteiger partial charge in [0.1, 0.15) is 0 Å². The van der Waals surface area contributed by atoms with Crippen LogP contribution in [0.4, 0.5) is 0 Å². The quantitative estimate of drug-likeness (QED) is 0.638. The summed E-state index contributed by atoms with van der Waals surface area (Å²) in [5.74, 6) is 0.693. The summed E-state index contributed by atoms with van der Waals surface area (Å²) in [5, 5.41) is 3.27. The van der Waals surface area contributed by atoms with Crippen LogP contribution in [0.5, 0.6) is 0 Å². The van der Waals surface area contributed by atoms with Crippen molar-refractivity contribution >= 4 is 10.0 Å². The van der Waals surface area contributed by atoms with Gasteiger partial charge in [0.05, 0.1) is 18.5 Å². The Kier molecular flexibility index (Phi) is 4.78. The first-order valence-electron chi connectivity index (χ1n) is 6.45. The van der Waals surface area contributed by atoms with Gasteiger partial charge in [-0.15, -0.1) is 0 Å². The molecule has 0 bridgehead atoms. The number of hydrogen-bond donors (Lipinski definition) is 2. The summed E-state index contributed by atoms with van der Waals surface area (Å²) in [5.41, 5.74) is 0. The van der Waals surface area contributed by atoms with Gasteiger partial charge >= 0.3 is 0 Å². The fourth-order valence-electron chi connectivity index (χ4n) is 2.04. The lowest BCUT2D eigenvalue weighted by atomic mass is 10.1. The van der Waals surface area contributed by atoms with Crippen molar-refractivity contribution in [1.82, 2.24) is 10.0 Å². The van der Waals surface area contributed by atoms with Crippen LogP contribution in [0.3, 0.4) is 0 Å². The van der Waals surface area contributed by atoms with Gasteiger partial charge in [0.2, 0.25) is 10.0 Å². The van der Waals surface area contributed by atoms with Gasteiger partial charge in [-0.25, -0.2) is 13.1 Å². The molecule has 2 fully saturated rings. The van der Waals surface area contributed by atoms with Crippen molar-refractivity contribution in [1.29, 1.82) is 0 Å². The first kappa shape index (κ1) is 13.3. The molecule has 0 aromatic heterocycles. The number of hydrogen-bond acceptors (Lipinski definition) is 4. The fraction of sp³-hybridized carbons (Fsp3) is 1.00. The molecule has 2 N–H and O–H groups in total. The monoisotopic (exact) mass is 262 g/mol. The summed E-state index contributed by atoms with van der Waals surface area (Å²) in [6.45, 7) is 2.88. The van der Waals surface area contributed by atoms with E-state index in [4.69, 9.17) is 4.74 Å². The highest BCUT2D eigenvalue weighted by atomic mass is 32.2. The summed E-state index contributed by atoms with van der Waals surface area (Å²) < 4.78 is 31.3. The normalized spacial score (nSPS) is 22.8. The largest absolute Gasteiger partial charge is 0.377 e. The average molecular weight is 262 g/mol. The predicted molar refractivity (Wildman–Crippen MR) is 66.4 cm³/mol. The van der Waals surface area contributed by atoms with Gasteiger partial charge in [-0.05, 0) is 44.7 Å². The maximum Gasteiger partial charge on any atom is 0.211 e. The molecular weight excluding hydrogens is 240 g/mol. The molecule has 0 amide bonds. The van der Waals surface area contributed by atoms with E-state index in [0.29, 0.717) is 30.9 Å². The van der Waals surface area contributed by atoms with E-state index in [-0.39, 0.29) is 0 Å². The van der Waals surface area contributed by atoms with Gasteiger partial charge in [-0.3, -0.25) is 0 Å². The third kappa shape index (κ3) is 5.33. The van der Waals surface area contributed by atoms with E-state index in [1.807, 2.05) is 0 Å². The second kappa shape index (κ2) is 6.13. The Bertz CT molecular complexity index is 322. The average Bonchev–Trinajstić information content (AvgIpc) is 3.09. The molecule has 0 aromatic rings. The zero-order valence-electron chi connectivity index (χ0n) is 10.2. The lowest BCUT2D eigenvalue weighted by Gasteiger charge is -2.22. The van der Waals surface area contributed by atoms with Gasteiger partial charge in [0, 0.05) is 6.54 Å². The predicted octanol–water partition coefficient (Wildman–Crippen LogP) is 0.0844. The highest BCUT2D eigenvalue weighted by Crippen LogP contribution is 2.29. The topological polar surface area (TPSA) is 67.4 Å². The third-order valence-electron chi connectivity index (χ3n) is 3.22. The van der Waals surface area contributed by atoms with E-state index in [1.165, 1.54) is 0 Å². The van der Waals surface area contributed by atoms with Gasteiger partial charge in [-0.2, -0.15) is 0 Å². The van der Waals surface area contributed by atoms with Crippen LogP contribution in [0.2, 0.25) is 0 Å². The molecule has 6 heteroatoms. The van der Waals surface area contributed by atoms with E-state index >= 15 is 0 Å². The highest BCUT2D eigenvalue weighted by molar-refractivity contribution is 7.89. The Morgan fingerprint density at radius 2 is 1.88 bits per heavy atom. The summed E-state index contributed by atoms with van der Waals surface area (Å²) >= 11 is 0. The first-order valence-corrected chi connectivity index (χ1v) is 8.10. The number of ether oxygens (including phenoxy) is 1. The molecule has 2 aliphatic rings. The molecule has 100 valence electrons. The number of piperidine rings is 1. The molecule has 1 aliphatic carbocycles. The van der Waals surface area contributed by atoms with Crippen molar-refractivity contribution in [2.75, 3.05) is 32.0 Å². The molecular formula is C11H22N2O3S. The Labute approximate surface area is 103 Å². The highest BCUT2D eigenvalue weighted by Gasteiger charge is 2.27. The minimum absolute atomic E-state index is 0.292. The van der Waals surface area contributed by atoms with Crippen LogP contribution in [0, 0.1) is 5.92 Å². The maximum absolute atomic E-state index is 11.6. The van der Waals surface area contributed by atoms with Crippen molar-refractivity contribution in [3.05, 3.63) is 0 Å². The van der Waals surface area contributed by atoms with Crippen molar-refractivity contribution < 1.29 is 13.2 Å². The Hall–Kier alpha value is -0.170. The summed E-state index contributed by atoms with van der Waals surface area (Å²) in [7, 11) is -3.06. The van der Waals surface area contributed by atoms with Crippen molar-refractivity contribution in [2.45, 2.75) is 31.8 Å². The summed E-state index contributed by atoms with van der Waals surface area (Å²) in [4.78, 5) is 0. The lowest BCUT2D eigenvalue weighted by molar-refractivity contribution is 0.0367. The second-order valence-corrected chi connectivity index (χ2v) is 6.79. The molecule has 17 heavy (non-hydrogen) atoms. The fourth-order valence-corrected chi connectivity index (χ4v) is 3.50. The van der Waals surface area contributed by atoms with Crippen molar-refractivity contribution in [2.24, 2.45) is 5.92 Å². The Morgan fingerprint density at radius 3 is 2.53 bits per heavy atom. The number of nitrogens with one attached hydrogen (secondary N) is 2. The van der Waals surface area contributed by atoms with Gasteiger partial charge in [0.15, 0.2) is 0 Å². The molecule has 1 aliphatic heterocycles. The zero-order chi connectivity index (χ0) is 12.1. The van der Waals surface area contributed by atoms with E-state index in [9.17, 15) is 8.42 Å². The smallest absolute Gasteiger partial charge is 0.211 e. The van der Waals surface area contributed by atoms with Crippen LogP contribution in [0.1, 0.15) is 25.7 Å². The molecule has 0 spiro atoms. The summed E-state index contributed by atoms with van der Waals surface area (Å²) in [6.07, 6.45) is 4.46. The molecule has 1 heterocycles. The SMILES string of the molecule is O=S(=O)(CC1CC1)NCCOC1CCNCC1. The van der Waals surface area contributed by atoms with Crippen LogP contribution in [0.25, 0.3) is 0 Å². The van der Waals surface area contributed by atoms with Crippen LogP contribution < -0.4 is 10.0 Å². The lowest BCUT2D eigenvalue weighted by Crippen LogP contribution is -2.35. The van der Waals surface area contributed by atoms with E-state index in [1.54, 1.807) is 0 Å². The Morgan fingerprint density at radius 1 is 1.18 bits per heavy atom. The number of sulfonamides is 1. The minimum atomic E-state index is -3.06. The molecule has 0 aromatic carbocycles. The molecule has 0 radical (unpaired) electrons. The van der Waals surface area contributed by atoms with Crippen LogP contribution in [-0.4, -0.2) is 46.5 Å². The van der Waals surface area contributed by atoms with E-state index in [0.717, 1.165) is 38.8 Å². The standard InChI is InChI=1S/C11H22N2O3S/c14-17(15,9-10-1-2-10)13-7-8-16-11-3-5-12-6-4-11/h10-13H,1-9H2. The van der Waals surface area contributed by atoms with Gasteiger partial charge in [0.25, 0.3) is 0 Å². The van der Waals surface area contributed by atoms with Crippen LogP contribution >= 0.6 is 0 Å². The maximum atomic E-state index is 11.6. The van der Waals surface area contributed by atoms with E-state index in [2.05, 4.69) is 10.0 Å². The Balaban J connectivity index is 1.55.